The van der Waals surface area contributed by atoms with Gasteiger partial charge in [-0.3, -0.25) is 0 Å². The summed E-state index contributed by atoms with van der Waals surface area (Å²) in [6.45, 7) is 24.7. The number of hydrogen-bond donors (Lipinski definition) is 2. The van der Waals surface area contributed by atoms with Crippen molar-refractivity contribution in [2.24, 2.45) is 9.98 Å². The molecule has 0 atom stereocenters. The number of allylic oxidation sites excluding steroid dienone is 7. The molecule has 2 N–H and O–H groups in total. The van der Waals surface area contributed by atoms with Crippen molar-refractivity contribution in [1.29, 1.82) is 0 Å². The maximum atomic E-state index is 5.68. The summed E-state index contributed by atoms with van der Waals surface area (Å²) >= 11 is 0. The molecule has 1 aromatic rings. The second kappa shape index (κ2) is 16.1. The zero-order valence-electron chi connectivity index (χ0n) is 36.6. The van der Waals surface area contributed by atoms with Gasteiger partial charge in [0, 0.05) is 125 Å². The van der Waals surface area contributed by atoms with Crippen LogP contribution in [0, 0.1) is 0 Å². The van der Waals surface area contributed by atoms with Crippen molar-refractivity contribution in [2.75, 3.05) is 52.4 Å². The lowest BCUT2D eigenvalue weighted by atomic mass is 10.0. The highest BCUT2D eigenvalue weighted by molar-refractivity contribution is 6.31. The monoisotopic (exact) mass is 806 g/mol. The third-order valence-corrected chi connectivity index (χ3v) is 13.0. The van der Waals surface area contributed by atoms with E-state index >= 15 is 0 Å². The summed E-state index contributed by atoms with van der Waals surface area (Å²) in [4.78, 5) is 38.6. The molecule has 8 aliphatic rings. The molecule has 0 fully saturated rings. The number of nitrogens with zero attached hydrogens (tertiary/aromatic N) is 10. The fraction of sp³-hybridized carbons (Fsp3) is 0.396. The number of nitrogens with one attached hydrogen (secondary N) is 2. The average Bonchev–Trinajstić information content (AvgIpc) is 4.13. The molecule has 0 spiro atoms. The number of aromatic nitrogens is 1. The molecule has 60 heavy (non-hydrogen) atoms. The molecule has 0 aliphatic carbocycles. The summed E-state index contributed by atoms with van der Waals surface area (Å²) in [6.07, 6.45) is 31.2. The molecule has 9 rings (SSSR count). The van der Waals surface area contributed by atoms with Gasteiger partial charge in [-0.25, -0.2) is 15.0 Å². The topological polar surface area (TPSA) is 80.4 Å². The summed E-state index contributed by atoms with van der Waals surface area (Å²) in [5.74, 6) is 1.13. The highest BCUT2D eigenvalue weighted by Crippen LogP contribution is 2.39. The van der Waals surface area contributed by atoms with E-state index in [1.165, 1.54) is 0 Å². The predicted molar refractivity (Wildman–Crippen MR) is 244 cm³/mol. The lowest BCUT2D eigenvalue weighted by Crippen LogP contribution is -2.70. The van der Waals surface area contributed by atoms with Gasteiger partial charge >= 0.3 is 0 Å². The SMILES string of the molecule is CCN1C=CN(CC)C1=C1C2=NC(=C(C3N(CC)C=CN3CC)C3=[NH+]C(=C(C4N(CC)C=CN4CC)C4=NC(=C(C5N(CC)C=CN5CC)c5ccc1[nH]5)C=C4)C=C3)C=C2. The molecule has 0 aromatic carbocycles. The van der Waals surface area contributed by atoms with E-state index in [1.807, 2.05) is 0 Å². The summed E-state index contributed by atoms with van der Waals surface area (Å²) in [6, 6.07) is 4.51. The number of fused-ring (bicyclic) bond motifs is 5. The van der Waals surface area contributed by atoms with E-state index < -0.39 is 0 Å². The van der Waals surface area contributed by atoms with Gasteiger partial charge in [-0.1, -0.05) is 0 Å². The summed E-state index contributed by atoms with van der Waals surface area (Å²) < 4.78 is 0. The average molecular weight is 806 g/mol. The lowest BCUT2D eigenvalue weighted by Gasteiger charge is -2.34. The summed E-state index contributed by atoms with van der Waals surface area (Å²) in [7, 11) is 0. The summed E-state index contributed by atoms with van der Waals surface area (Å²) in [5, 5.41) is 0. The van der Waals surface area contributed by atoms with E-state index in [-0.39, 0.29) is 18.5 Å². The van der Waals surface area contributed by atoms with Crippen LogP contribution in [0.5, 0.6) is 0 Å². The fourth-order valence-corrected chi connectivity index (χ4v) is 9.83. The first-order chi connectivity index (χ1) is 29.4. The molecule has 12 nitrogen and oxygen atoms in total. The Balaban J connectivity index is 1.36. The zero-order chi connectivity index (χ0) is 41.7. The highest BCUT2D eigenvalue weighted by Gasteiger charge is 2.42. The van der Waals surface area contributed by atoms with E-state index in [2.05, 4.69) is 203 Å². The van der Waals surface area contributed by atoms with Gasteiger partial charge in [0.1, 0.15) is 24.3 Å². The standard InChI is InChI=1S/C48H60N12/c1-9-53-25-26-54(10-2)45(53)41-33-17-19-35(49-33)42(46-55(11-3)27-28-56(46)12-4)37-21-23-39(51-37)44(48-59(15-7)31-32-60(48)16-8)40-24-22-38(52-40)43(36-20-18-34(41)50-36)47-57(13-5)29-30-58(47)14-6/h17-32,45-47,51H,9-16H2,1-8H3/p+1. The Morgan fingerprint density at radius 2 is 0.917 bits per heavy atom. The second-order valence-electron chi connectivity index (χ2n) is 15.8. The second-order valence-corrected chi connectivity index (χ2v) is 15.8. The van der Waals surface area contributed by atoms with Crippen molar-refractivity contribution >= 4 is 28.3 Å². The lowest BCUT2D eigenvalue weighted by molar-refractivity contribution is -0.387. The maximum Gasteiger partial charge on any atom is 0.213 e. The number of aliphatic imine (C=N–C) groups is 2. The van der Waals surface area contributed by atoms with Crippen LogP contribution >= 0.6 is 0 Å². The predicted octanol–water partition coefficient (Wildman–Crippen LogP) is 5.52. The van der Waals surface area contributed by atoms with E-state index in [0.717, 1.165) is 126 Å². The van der Waals surface area contributed by atoms with Crippen molar-refractivity contribution < 1.29 is 4.99 Å². The molecule has 8 bridgehead atoms. The molecular formula is C48H61N12+. The van der Waals surface area contributed by atoms with Crippen molar-refractivity contribution in [2.45, 2.75) is 73.9 Å². The van der Waals surface area contributed by atoms with Gasteiger partial charge in [0.15, 0.2) is 0 Å². The Hall–Kier alpha value is -6.17. The van der Waals surface area contributed by atoms with Crippen LogP contribution in [-0.4, -0.2) is 132 Å². The molecule has 9 heterocycles. The van der Waals surface area contributed by atoms with Gasteiger partial charge in [0.05, 0.1) is 45.2 Å². The first kappa shape index (κ1) is 39.3. The van der Waals surface area contributed by atoms with Crippen LogP contribution in [-0.2, 0) is 0 Å². The highest BCUT2D eigenvalue weighted by atomic mass is 15.4. The Bertz CT molecular complexity index is 2290. The molecular weight excluding hydrogens is 745 g/mol. The Morgan fingerprint density at radius 3 is 1.43 bits per heavy atom. The van der Waals surface area contributed by atoms with Gasteiger partial charge in [-0.2, -0.15) is 0 Å². The minimum Gasteiger partial charge on any atom is -0.354 e. The smallest absolute Gasteiger partial charge is 0.213 e. The summed E-state index contributed by atoms with van der Waals surface area (Å²) in [5.41, 5.74) is 12.6. The zero-order valence-corrected chi connectivity index (χ0v) is 36.6. The molecule has 0 radical (unpaired) electrons. The van der Waals surface area contributed by atoms with Gasteiger partial charge in [0.2, 0.25) is 11.4 Å². The molecule has 1 aromatic heterocycles. The van der Waals surface area contributed by atoms with Crippen LogP contribution in [0.4, 0.5) is 0 Å². The van der Waals surface area contributed by atoms with Crippen molar-refractivity contribution in [3.63, 3.8) is 0 Å². The number of likely N-dealkylation sites (N-methyl/N-ethyl adjacent to an activating group) is 6. The number of H-pyrrole nitrogens is 1. The van der Waals surface area contributed by atoms with Crippen LogP contribution in [0.1, 0.15) is 66.8 Å². The minimum absolute atomic E-state index is 0.0298. The van der Waals surface area contributed by atoms with Crippen LogP contribution < -0.4 is 4.99 Å². The first-order valence-corrected chi connectivity index (χ1v) is 22.2. The van der Waals surface area contributed by atoms with Crippen molar-refractivity contribution in [3.05, 3.63) is 144 Å². The van der Waals surface area contributed by atoms with E-state index in [4.69, 9.17) is 9.98 Å². The maximum absolute atomic E-state index is 5.68. The van der Waals surface area contributed by atoms with Crippen LogP contribution in [0.25, 0.3) is 11.1 Å². The van der Waals surface area contributed by atoms with E-state index in [0.29, 0.717) is 0 Å². The van der Waals surface area contributed by atoms with E-state index in [1.54, 1.807) is 0 Å². The molecule has 312 valence electrons. The molecule has 0 amide bonds. The fourth-order valence-electron chi connectivity index (χ4n) is 9.83. The van der Waals surface area contributed by atoms with Crippen LogP contribution in [0.3, 0.4) is 0 Å². The molecule has 12 heteroatoms. The van der Waals surface area contributed by atoms with Crippen LogP contribution in [0.15, 0.2) is 142 Å². The van der Waals surface area contributed by atoms with Gasteiger partial charge in [0.25, 0.3) is 0 Å². The largest absolute Gasteiger partial charge is 0.354 e. The Labute approximate surface area is 356 Å². The first-order valence-electron chi connectivity index (χ1n) is 22.2. The third kappa shape index (κ3) is 6.30. The number of hydrogen-bond acceptors (Lipinski definition) is 10. The van der Waals surface area contributed by atoms with Crippen molar-refractivity contribution in [1.82, 2.24) is 44.2 Å². The third-order valence-electron chi connectivity index (χ3n) is 13.0. The van der Waals surface area contributed by atoms with Gasteiger partial charge in [-0.15, -0.1) is 0 Å². The quantitative estimate of drug-likeness (QED) is 0.303. The molecule has 0 unspecified atom stereocenters. The minimum atomic E-state index is -0.0338. The molecule has 0 saturated heterocycles. The van der Waals surface area contributed by atoms with Gasteiger partial charge < -0.3 is 44.2 Å². The van der Waals surface area contributed by atoms with E-state index in [9.17, 15) is 0 Å². The Kier molecular flexibility index (Phi) is 10.6. The molecule has 8 aliphatic heterocycles. The van der Waals surface area contributed by atoms with Crippen molar-refractivity contribution in [3.8, 4) is 0 Å². The Morgan fingerprint density at radius 1 is 0.467 bits per heavy atom. The van der Waals surface area contributed by atoms with Gasteiger partial charge in [-0.05, 0) is 91.8 Å². The normalized spacial score (nSPS) is 21.6. The molecule has 0 saturated carbocycles. The number of aromatic amines is 1. The van der Waals surface area contributed by atoms with Crippen LogP contribution in [0.2, 0.25) is 0 Å². The number of rotatable bonds is 11.